The molecule has 1 aromatic rings. The fourth-order valence-corrected chi connectivity index (χ4v) is 1.32. The van der Waals surface area contributed by atoms with Crippen LogP contribution in [0.25, 0.3) is 0 Å². The molecule has 0 heterocycles. The summed E-state index contributed by atoms with van der Waals surface area (Å²) in [6.07, 6.45) is 0.955. The Morgan fingerprint density at radius 1 is 1.24 bits per heavy atom. The minimum absolute atomic E-state index is 0.135. The predicted octanol–water partition coefficient (Wildman–Crippen LogP) is 3.21. The molecule has 0 aliphatic heterocycles. The van der Waals surface area contributed by atoms with Gasteiger partial charge in [0.1, 0.15) is 17.7 Å². The highest BCUT2D eigenvalue weighted by atomic mass is 79.9. The van der Waals surface area contributed by atoms with Gasteiger partial charge in [0.05, 0.1) is 10.2 Å². The summed E-state index contributed by atoms with van der Waals surface area (Å²) in [5.41, 5.74) is -0.425. The van der Waals surface area contributed by atoms with E-state index in [9.17, 15) is 13.2 Å². The minimum Gasteiger partial charge on any atom is -0.359 e. The zero-order valence-electron chi connectivity index (χ0n) is 8.06. The van der Waals surface area contributed by atoms with E-state index < -0.39 is 17.5 Å². The molecule has 3 nitrogen and oxygen atoms in total. The van der Waals surface area contributed by atoms with Crippen LogP contribution in [-0.4, -0.2) is 0 Å². The van der Waals surface area contributed by atoms with Gasteiger partial charge in [-0.3, -0.25) is 0 Å². The highest BCUT2D eigenvalue weighted by Crippen LogP contribution is 2.29. The van der Waals surface area contributed by atoms with Crippen molar-refractivity contribution >= 4 is 21.6 Å². The molecule has 1 rings (SSSR count). The highest BCUT2D eigenvalue weighted by molar-refractivity contribution is 9.10. The Balaban J connectivity index is 3.15. The number of rotatable bonds is 2. The molecule has 0 aliphatic carbocycles. The molecule has 0 saturated heterocycles. The minimum atomic E-state index is -1.60. The molecule has 0 atom stereocenters. The van der Waals surface area contributed by atoms with Gasteiger partial charge in [-0.05, 0) is 15.9 Å². The Morgan fingerprint density at radius 3 is 2.35 bits per heavy atom. The standard InChI is InChI=1S/C10H3BrF3N3/c11-8-7(17-4-5(2-15)3-16)1-6(12)9(13)10(8)14/h1,4,17H. The zero-order valence-corrected chi connectivity index (χ0v) is 9.65. The van der Waals surface area contributed by atoms with Gasteiger partial charge in [-0.2, -0.15) is 10.5 Å². The number of hydrogen-bond donors (Lipinski definition) is 1. The zero-order chi connectivity index (χ0) is 13.0. The van der Waals surface area contributed by atoms with E-state index >= 15 is 0 Å². The van der Waals surface area contributed by atoms with Crippen molar-refractivity contribution in [2.45, 2.75) is 0 Å². The number of nitrogens with zero attached hydrogens (tertiary/aromatic N) is 2. The first kappa shape index (κ1) is 13.1. The van der Waals surface area contributed by atoms with Crippen LogP contribution in [0.5, 0.6) is 0 Å². The number of anilines is 1. The summed E-state index contributed by atoms with van der Waals surface area (Å²) >= 11 is 2.72. The second kappa shape index (κ2) is 5.37. The van der Waals surface area contributed by atoms with Crippen LogP contribution in [-0.2, 0) is 0 Å². The molecule has 0 unspecified atom stereocenters. The number of nitriles is 2. The monoisotopic (exact) mass is 301 g/mol. The Labute approximate surface area is 103 Å². The number of allylic oxidation sites excluding steroid dienone is 1. The first-order valence-electron chi connectivity index (χ1n) is 4.11. The summed E-state index contributed by atoms with van der Waals surface area (Å²) in [6, 6.07) is 3.79. The second-order valence-corrected chi connectivity index (χ2v) is 3.57. The molecule has 0 spiro atoms. The van der Waals surface area contributed by atoms with Gasteiger partial charge >= 0.3 is 0 Å². The molecule has 0 aromatic heterocycles. The Bertz CT molecular complexity index is 554. The van der Waals surface area contributed by atoms with Crippen molar-refractivity contribution in [1.29, 1.82) is 10.5 Å². The summed E-state index contributed by atoms with van der Waals surface area (Å²) in [5, 5.41) is 19.2. The summed E-state index contributed by atoms with van der Waals surface area (Å²) in [4.78, 5) is 0. The van der Waals surface area contributed by atoms with Crippen molar-refractivity contribution in [1.82, 2.24) is 0 Å². The molecule has 7 heteroatoms. The number of halogens is 4. The Morgan fingerprint density at radius 2 is 1.82 bits per heavy atom. The van der Waals surface area contributed by atoms with Gasteiger partial charge in [0.25, 0.3) is 0 Å². The van der Waals surface area contributed by atoms with Crippen molar-refractivity contribution in [2.75, 3.05) is 5.32 Å². The van der Waals surface area contributed by atoms with E-state index in [1.165, 1.54) is 0 Å². The molecular weight excluding hydrogens is 299 g/mol. The van der Waals surface area contributed by atoms with Crippen molar-refractivity contribution < 1.29 is 13.2 Å². The average Bonchev–Trinajstić information content (AvgIpc) is 2.33. The molecule has 17 heavy (non-hydrogen) atoms. The van der Waals surface area contributed by atoms with Gasteiger partial charge in [-0.1, -0.05) is 0 Å². The van der Waals surface area contributed by atoms with E-state index in [1.54, 1.807) is 12.1 Å². The normalized spacial score (nSPS) is 9.06. The average molecular weight is 302 g/mol. The molecule has 0 saturated carbocycles. The first-order chi connectivity index (χ1) is 8.01. The van der Waals surface area contributed by atoms with Crippen LogP contribution in [0.3, 0.4) is 0 Å². The van der Waals surface area contributed by atoms with Crippen molar-refractivity contribution in [3.63, 3.8) is 0 Å². The number of nitrogens with one attached hydrogen (secondary N) is 1. The van der Waals surface area contributed by atoms with Gasteiger partial charge in [0.15, 0.2) is 17.5 Å². The van der Waals surface area contributed by atoms with E-state index in [-0.39, 0.29) is 15.7 Å². The van der Waals surface area contributed by atoms with E-state index in [4.69, 9.17) is 10.5 Å². The van der Waals surface area contributed by atoms with Gasteiger partial charge in [0, 0.05) is 12.3 Å². The lowest BCUT2D eigenvalue weighted by Gasteiger charge is -2.06. The van der Waals surface area contributed by atoms with Crippen LogP contribution in [0.2, 0.25) is 0 Å². The van der Waals surface area contributed by atoms with Crippen LogP contribution >= 0.6 is 15.9 Å². The SMILES string of the molecule is N#CC(C#N)=CNc1cc(F)c(F)c(F)c1Br. The van der Waals surface area contributed by atoms with Gasteiger partial charge < -0.3 is 5.32 Å². The van der Waals surface area contributed by atoms with Crippen LogP contribution in [0.1, 0.15) is 0 Å². The van der Waals surface area contributed by atoms with E-state index in [1.807, 2.05) is 0 Å². The third-order valence-corrected chi connectivity index (χ3v) is 2.49. The molecule has 0 aliphatic rings. The first-order valence-corrected chi connectivity index (χ1v) is 4.90. The maximum Gasteiger partial charge on any atom is 0.195 e. The lowest BCUT2D eigenvalue weighted by molar-refractivity contribution is 0.445. The Hall–Kier alpha value is -1.99. The molecule has 86 valence electrons. The lowest BCUT2D eigenvalue weighted by Crippen LogP contribution is -1.98. The Kier molecular flexibility index (Phi) is 4.13. The lowest BCUT2D eigenvalue weighted by atomic mass is 10.2. The van der Waals surface area contributed by atoms with Crippen molar-refractivity contribution in [3.8, 4) is 12.1 Å². The molecule has 1 aromatic carbocycles. The maximum absolute atomic E-state index is 13.1. The summed E-state index contributed by atoms with van der Waals surface area (Å²) < 4.78 is 38.4. The summed E-state index contributed by atoms with van der Waals surface area (Å²) in [6.45, 7) is 0. The smallest absolute Gasteiger partial charge is 0.195 e. The van der Waals surface area contributed by atoms with Crippen LogP contribution in [0.15, 0.2) is 22.3 Å². The summed E-state index contributed by atoms with van der Waals surface area (Å²) in [7, 11) is 0. The highest BCUT2D eigenvalue weighted by Gasteiger charge is 2.16. The third kappa shape index (κ3) is 2.77. The van der Waals surface area contributed by atoms with E-state index in [2.05, 4.69) is 21.2 Å². The third-order valence-electron chi connectivity index (χ3n) is 1.72. The molecule has 0 radical (unpaired) electrons. The van der Waals surface area contributed by atoms with Crippen molar-refractivity contribution in [3.05, 3.63) is 39.8 Å². The predicted molar refractivity (Wildman–Crippen MR) is 56.9 cm³/mol. The molecule has 1 N–H and O–H groups in total. The molecule has 0 amide bonds. The number of benzene rings is 1. The van der Waals surface area contributed by atoms with E-state index in [0.29, 0.717) is 6.07 Å². The number of hydrogen-bond acceptors (Lipinski definition) is 3. The fourth-order valence-electron chi connectivity index (χ4n) is 0.917. The molecule has 0 fully saturated rings. The van der Waals surface area contributed by atoms with Gasteiger partial charge in [-0.15, -0.1) is 0 Å². The van der Waals surface area contributed by atoms with Crippen LogP contribution in [0, 0.1) is 40.1 Å². The maximum atomic E-state index is 13.1. The quantitative estimate of drug-likeness (QED) is 0.518. The molecular formula is C10H3BrF3N3. The topological polar surface area (TPSA) is 59.6 Å². The van der Waals surface area contributed by atoms with E-state index in [0.717, 1.165) is 6.20 Å². The molecule has 0 bridgehead atoms. The largest absolute Gasteiger partial charge is 0.359 e. The van der Waals surface area contributed by atoms with Gasteiger partial charge in [0.2, 0.25) is 0 Å². The fraction of sp³-hybridized carbons (Fsp3) is 0. The van der Waals surface area contributed by atoms with Gasteiger partial charge in [-0.25, -0.2) is 13.2 Å². The summed E-state index contributed by atoms with van der Waals surface area (Å²) in [5.74, 6) is -4.37. The van der Waals surface area contributed by atoms with Crippen LogP contribution in [0.4, 0.5) is 18.9 Å². The van der Waals surface area contributed by atoms with Crippen LogP contribution < -0.4 is 5.32 Å². The van der Waals surface area contributed by atoms with Crippen molar-refractivity contribution in [2.24, 2.45) is 0 Å². The second-order valence-electron chi connectivity index (χ2n) is 2.77.